The van der Waals surface area contributed by atoms with E-state index in [1.807, 2.05) is 18.2 Å². The Hall–Kier alpha value is -1.36. The fourth-order valence-electron chi connectivity index (χ4n) is 0.567. The zero-order valence-corrected chi connectivity index (χ0v) is 8.36. The van der Waals surface area contributed by atoms with Gasteiger partial charge in [0.1, 0.15) is 0 Å². The lowest BCUT2D eigenvalue weighted by atomic mass is 9.82. The van der Waals surface area contributed by atoms with Gasteiger partial charge >= 0.3 is 14.2 Å². The molecule has 15 heavy (non-hydrogen) atoms. The van der Waals surface area contributed by atoms with Crippen LogP contribution in [0.1, 0.15) is 0 Å². The number of hydrogen-bond donors (Lipinski definition) is 2. The van der Waals surface area contributed by atoms with Crippen molar-refractivity contribution in [3.63, 3.8) is 0 Å². The molecule has 1 aromatic heterocycles. The second-order valence-corrected chi connectivity index (χ2v) is 2.41. The Morgan fingerprint density at radius 1 is 1.00 bits per heavy atom. The third-order valence-corrected chi connectivity index (χ3v) is 1.25. The number of rotatable bonds is 4. The van der Waals surface area contributed by atoms with Crippen molar-refractivity contribution in [1.29, 1.82) is 0 Å². The molecular formula is C9H13B2NO3. The van der Waals surface area contributed by atoms with Gasteiger partial charge < -0.3 is 14.6 Å². The van der Waals surface area contributed by atoms with Gasteiger partial charge in [0.25, 0.3) is 0 Å². The Bertz CT molecular complexity index is 233. The monoisotopic (exact) mass is 205 g/mol. The molecule has 0 radical (unpaired) electrons. The summed E-state index contributed by atoms with van der Waals surface area (Å²) in [5, 5.41) is 17.2. The second kappa shape index (κ2) is 9.20. The quantitative estimate of drug-likeness (QED) is 0.702. The van der Waals surface area contributed by atoms with Gasteiger partial charge in [0.15, 0.2) is 0 Å². The highest BCUT2D eigenvalue weighted by Gasteiger charge is 2.14. The van der Waals surface area contributed by atoms with E-state index in [0.717, 1.165) is 12.0 Å². The van der Waals surface area contributed by atoms with Crippen LogP contribution in [0, 0.1) is 0 Å². The van der Waals surface area contributed by atoms with Crippen molar-refractivity contribution in [2.45, 2.75) is 0 Å². The fraction of sp³-hybridized carbons (Fsp3) is 0. The van der Waals surface area contributed by atoms with Crippen molar-refractivity contribution >= 4 is 14.2 Å². The number of nitrogens with zero attached hydrogens (tertiary/aromatic N) is 1. The molecule has 2 N–H and O–H groups in total. The molecule has 6 heteroatoms. The van der Waals surface area contributed by atoms with E-state index in [2.05, 4.69) is 22.7 Å². The van der Waals surface area contributed by atoms with Crippen LogP contribution in [0.3, 0.4) is 0 Å². The summed E-state index contributed by atoms with van der Waals surface area (Å²) < 4.78 is 4.42. The molecular weight excluding hydrogens is 192 g/mol. The van der Waals surface area contributed by atoms with Gasteiger partial charge in [-0.15, -0.1) is 13.2 Å². The first-order chi connectivity index (χ1) is 7.20. The zero-order valence-electron chi connectivity index (χ0n) is 8.36. The highest BCUT2D eigenvalue weighted by atomic mass is 16.5. The van der Waals surface area contributed by atoms with Crippen LogP contribution in [-0.4, -0.2) is 29.3 Å². The highest BCUT2D eigenvalue weighted by molar-refractivity contribution is 6.63. The fourth-order valence-corrected chi connectivity index (χ4v) is 0.567. The molecule has 0 fully saturated rings. The van der Waals surface area contributed by atoms with Gasteiger partial charge in [0, 0.05) is 12.4 Å². The first-order valence-corrected chi connectivity index (χ1v) is 4.32. The SMILES string of the molecule is C=CB(O)OB(O)C=C.c1ccncc1. The summed E-state index contributed by atoms with van der Waals surface area (Å²) in [6, 6.07) is 5.72. The predicted molar refractivity (Wildman–Crippen MR) is 61.7 cm³/mol. The molecule has 0 bridgehead atoms. The van der Waals surface area contributed by atoms with E-state index < -0.39 is 14.2 Å². The maximum absolute atomic E-state index is 8.61. The molecule has 0 aliphatic carbocycles. The van der Waals surface area contributed by atoms with Crippen LogP contribution in [0.4, 0.5) is 0 Å². The van der Waals surface area contributed by atoms with E-state index in [4.69, 9.17) is 10.0 Å². The van der Waals surface area contributed by atoms with Crippen LogP contribution >= 0.6 is 0 Å². The largest absolute Gasteiger partial charge is 0.469 e. The van der Waals surface area contributed by atoms with Gasteiger partial charge in [-0.25, -0.2) is 0 Å². The summed E-state index contributed by atoms with van der Waals surface area (Å²) in [5.74, 6) is 2.32. The second-order valence-electron chi connectivity index (χ2n) is 2.41. The normalized spacial score (nSPS) is 8.13. The van der Waals surface area contributed by atoms with Crippen molar-refractivity contribution in [2.75, 3.05) is 0 Å². The van der Waals surface area contributed by atoms with Gasteiger partial charge in [-0.2, -0.15) is 0 Å². The Balaban J connectivity index is 0.000000280. The van der Waals surface area contributed by atoms with Gasteiger partial charge in [-0.05, 0) is 12.1 Å². The average Bonchev–Trinajstić information content (AvgIpc) is 2.31. The van der Waals surface area contributed by atoms with Crippen LogP contribution < -0.4 is 0 Å². The minimum absolute atomic E-state index is 1.13. The molecule has 4 nitrogen and oxygen atoms in total. The van der Waals surface area contributed by atoms with Gasteiger partial charge in [0.2, 0.25) is 0 Å². The van der Waals surface area contributed by atoms with Gasteiger partial charge in [0.05, 0.1) is 0 Å². The van der Waals surface area contributed by atoms with Gasteiger partial charge in [-0.1, -0.05) is 18.0 Å². The number of pyridine rings is 1. The van der Waals surface area contributed by atoms with Crippen molar-refractivity contribution < 1.29 is 14.6 Å². The van der Waals surface area contributed by atoms with Crippen LogP contribution in [-0.2, 0) is 4.57 Å². The first kappa shape index (κ1) is 13.6. The molecule has 0 saturated heterocycles. The third kappa shape index (κ3) is 8.96. The summed E-state index contributed by atoms with van der Waals surface area (Å²) >= 11 is 0. The summed E-state index contributed by atoms with van der Waals surface area (Å²) in [4.78, 5) is 3.78. The van der Waals surface area contributed by atoms with Crippen molar-refractivity contribution in [2.24, 2.45) is 0 Å². The Kier molecular flexibility index (Phi) is 8.37. The van der Waals surface area contributed by atoms with E-state index in [1.54, 1.807) is 12.4 Å². The summed E-state index contributed by atoms with van der Waals surface area (Å²) in [6.45, 7) is 6.46. The van der Waals surface area contributed by atoms with Crippen LogP contribution in [0.15, 0.2) is 55.7 Å². The number of aromatic nitrogens is 1. The zero-order chi connectivity index (χ0) is 11.5. The van der Waals surface area contributed by atoms with E-state index in [1.165, 1.54) is 0 Å². The standard InChI is InChI=1S/C5H5N.C4H8B2O3/c1-2-4-6-5-3-1;1-3-5(7)9-6(8)4-2/h1-5H;3-4,7-8H,1-2H2. The van der Waals surface area contributed by atoms with Crippen LogP contribution in [0.2, 0.25) is 0 Å². The molecule has 1 heterocycles. The minimum atomic E-state index is -1.13. The summed E-state index contributed by atoms with van der Waals surface area (Å²) in [7, 11) is -2.25. The third-order valence-electron chi connectivity index (χ3n) is 1.25. The maximum atomic E-state index is 8.61. The van der Waals surface area contributed by atoms with E-state index >= 15 is 0 Å². The summed E-state index contributed by atoms with van der Waals surface area (Å²) in [5.41, 5.74) is 0. The molecule has 0 aliphatic heterocycles. The van der Waals surface area contributed by atoms with Gasteiger partial charge in [-0.3, -0.25) is 4.98 Å². The van der Waals surface area contributed by atoms with E-state index in [-0.39, 0.29) is 0 Å². The minimum Gasteiger partial charge on any atom is -0.444 e. The maximum Gasteiger partial charge on any atom is 0.469 e. The van der Waals surface area contributed by atoms with Crippen molar-refractivity contribution in [3.8, 4) is 0 Å². The lowest BCUT2D eigenvalue weighted by Crippen LogP contribution is -2.26. The average molecular weight is 205 g/mol. The van der Waals surface area contributed by atoms with E-state index in [0.29, 0.717) is 0 Å². The molecule has 0 aromatic carbocycles. The molecule has 0 amide bonds. The topological polar surface area (TPSA) is 62.6 Å². The Labute approximate surface area is 90.2 Å². The first-order valence-electron chi connectivity index (χ1n) is 4.32. The molecule has 0 aliphatic rings. The van der Waals surface area contributed by atoms with Crippen molar-refractivity contribution in [1.82, 2.24) is 4.98 Å². The lowest BCUT2D eigenvalue weighted by molar-refractivity contribution is 0.377. The molecule has 1 rings (SSSR count). The van der Waals surface area contributed by atoms with E-state index in [9.17, 15) is 0 Å². The highest BCUT2D eigenvalue weighted by Crippen LogP contribution is 1.85. The Morgan fingerprint density at radius 3 is 1.67 bits per heavy atom. The lowest BCUT2D eigenvalue weighted by Gasteiger charge is -2.02. The predicted octanol–water partition coefficient (Wildman–Crippen LogP) is 0.496. The van der Waals surface area contributed by atoms with Crippen molar-refractivity contribution in [3.05, 3.63) is 55.7 Å². The smallest absolute Gasteiger partial charge is 0.444 e. The Morgan fingerprint density at radius 2 is 1.47 bits per heavy atom. The van der Waals surface area contributed by atoms with Crippen LogP contribution in [0.25, 0.3) is 0 Å². The molecule has 1 aromatic rings. The molecule has 78 valence electrons. The molecule has 0 spiro atoms. The molecule has 0 unspecified atom stereocenters. The summed E-state index contributed by atoms with van der Waals surface area (Å²) in [6.07, 6.45) is 3.50. The number of hydrogen-bond acceptors (Lipinski definition) is 4. The molecule has 0 saturated carbocycles. The molecule has 0 atom stereocenters. The van der Waals surface area contributed by atoms with Crippen LogP contribution in [0.5, 0.6) is 0 Å².